The largest absolute Gasteiger partial charge is 0.480 e. The molecule has 0 bridgehead atoms. The molecule has 1 aliphatic carbocycles. The van der Waals surface area contributed by atoms with E-state index in [1.807, 2.05) is 36.4 Å². The van der Waals surface area contributed by atoms with Crippen LogP contribution in [0.5, 0.6) is 0 Å². The van der Waals surface area contributed by atoms with E-state index in [1.54, 1.807) is 24.3 Å². The minimum absolute atomic E-state index is 0.0693. The van der Waals surface area contributed by atoms with Crippen LogP contribution in [0, 0.1) is 12.3 Å². The maximum Gasteiger partial charge on any atom is 0.407 e. The van der Waals surface area contributed by atoms with E-state index in [-0.39, 0.29) is 18.9 Å². The Morgan fingerprint density at radius 2 is 1.55 bits per heavy atom. The Morgan fingerprint density at radius 3 is 2.16 bits per heavy atom. The van der Waals surface area contributed by atoms with Gasteiger partial charge in [-0.2, -0.15) is 0 Å². The first-order chi connectivity index (χ1) is 15.1. The third-order valence-electron chi connectivity index (χ3n) is 5.53. The van der Waals surface area contributed by atoms with E-state index < -0.39 is 18.1 Å². The maximum atomic E-state index is 12.4. The highest BCUT2D eigenvalue weighted by atomic mass is 16.5. The Labute approximate surface area is 180 Å². The Balaban J connectivity index is 1.45. The van der Waals surface area contributed by atoms with E-state index >= 15 is 0 Å². The van der Waals surface area contributed by atoms with Crippen LogP contribution in [0.3, 0.4) is 0 Å². The molecule has 3 aromatic carbocycles. The number of benzene rings is 3. The fourth-order valence-corrected chi connectivity index (χ4v) is 4.04. The zero-order valence-electron chi connectivity index (χ0n) is 16.7. The molecule has 0 saturated heterocycles. The van der Waals surface area contributed by atoms with Gasteiger partial charge in [-0.3, -0.25) is 0 Å². The number of carbonyl (C=O) groups is 2. The first-order valence-electron chi connectivity index (χ1n) is 9.97. The van der Waals surface area contributed by atoms with Crippen molar-refractivity contribution in [2.24, 2.45) is 0 Å². The fraction of sp³-hybridized carbons (Fsp3) is 0.154. The second-order valence-electron chi connectivity index (χ2n) is 7.37. The van der Waals surface area contributed by atoms with Crippen LogP contribution < -0.4 is 5.32 Å². The molecule has 0 unspecified atom stereocenters. The third kappa shape index (κ3) is 4.15. The van der Waals surface area contributed by atoms with E-state index in [0.717, 1.165) is 22.3 Å². The summed E-state index contributed by atoms with van der Waals surface area (Å²) >= 11 is 0. The summed E-state index contributed by atoms with van der Waals surface area (Å²) in [4.78, 5) is 24.2. The Bertz CT molecular complexity index is 1130. The Kier molecular flexibility index (Phi) is 5.72. The lowest BCUT2D eigenvalue weighted by molar-refractivity contribution is -0.139. The third-order valence-corrected chi connectivity index (χ3v) is 5.53. The zero-order chi connectivity index (χ0) is 21.8. The molecule has 0 aromatic heterocycles. The van der Waals surface area contributed by atoms with Crippen molar-refractivity contribution in [1.29, 1.82) is 0 Å². The quantitative estimate of drug-likeness (QED) is 0.596. The van der Waals surface area contributed by atoms with Crippen molar-refractivity contribution in [3.8, 4) is 23.5 Å². The standard InChI is InChI=1S/C26H21NO4/c1-2-17-9-3-4-10-18(17)15-24(25(28)29)27-26(30)31-16-23-21-13-7-5-11-19(21)20-12-6-8-14-22(20)23/h1,3-14,23-24H,15-16H2,(H,27,30)(H,28,29)/t24-/m0/s1. The molecule has 3 aromatic rings. The number of carboxylic acids is 1. The molecule has 1 atom stereocenters. The van der Waals surface area contributed by atoms with Crippen molar-refractivity contribution in [3.05, 3.63) is 95.1 Å². The number of amides is 1. The second kappa shape index (κ2) is 8.76. The molecule has 154 valence electrons. The van der Waals surface area contributed by atoms with Gasteiger partial charge in [-0.15, -0.1) is 6.42 Å². The summed E-state index contributed by atoms with van der Waals surface area (Å²) in [5, 5.41) is 12.0. The van der Waals surface area contributed by atoms with Crippen LogP contribution in [0.1, 0.15) is 28.2 Å². The number of rotatable bonds is 6. The van der Waals surface area contributed by atoms with Gasteiger partial charge in [0.2, 0.25) is 0 Å². The van der Waals surface area contributed by atoms with Crippen molar-refractivity contribution in [3.63, 3.8) is 0 Å². The van der Waals surface area contributed by atoms with Crippen molar-refractivity contribution in [2.45, 2.75) is 18.4 Å². The fourth-order valence-electron chi connectivity index (χ4n) is 4.04. The topological polar surface area (TPSA) is 75.6 Å². The number of aliphatic carboxylic acids is 1. The normalized spacial score (nSPS) is 12.9. The summed E-state index contributed by atoms with van der Waals surface area (Å²) in [5.74, 6) is 1.29. The molecule has 4 rings (SSSR count). The van der Waals surface area contributed by atoms with Gasteiger partial charge in [-0.05, 0) is 33.9 Å². The number of nitrogens with one attached hydrogen (secondary N) is 1. The molecule has 0 heterocycles. The monoisotopic (exact) mass is 411 g/mol. The molecular weight excluding hydrogens is 390 g/mol. The van der Waals surface area contributed by atoms with Crippen molar-refractivity contribution >= 4 is 12.1 Å². The van der Waals surface area contributed by atoms with Gasteiger partial charge in [0, 0.05) is 17.9 Å². The Hall–Kier alpha value is -4.04. The molecule has 0 aliphatic heterocycles. The lowest BCUT2D eigenvalue weighted by Crippen LogP contribution is -2.43. The van der Waals surface area contributed by atoms with Gasteiger partial charge in [0.05, 0.1) is 0 Å². The first kappa shape index (κ1) is 20.2. The maximum absolute atomic E-state index is 12.4. The summed E-state index contributed by atoms with van der Waals surface area (Å²) < 4.78 is 5.46. The number of fused-ring (bicyclic) bond motifs is 3. The molecule has 2 N–H and O–H groups in total. The molecule has 0 radical (unpaired) electrons. The minimum atomic E-state index is -1.15. The highest BCUT2D eigenvalue weighted by Gasteiger charge is 2.29. The van der Waals surface area contributed by atoms with Gasteiger partial charge < -0.3 is 15.2 Å². The Morgan fingerprint density at radius 1 is 0.968 bits per heavy atom. The van der Waals surface area contributed by atoms with Gasteiger partial charge in [0.15, 0.2) is 0 Å². The van der Waals surface area contributed by atoms with Crippen LogP contribution >= 0.6 is 0 Å². The average Bonchev–Trinajstić information content (AvgIpc) is 3.11. The molecule has 5 nitrogen and oxygen atoms in total. The summed E-state index contributed by atoms with van der Waals surface area (Å²) in [5.41, 5.74) is 5.71. The smallest absolute Gasteiger partial charge is 0.407 e. The molecule has 0 fully saturated rings. The number of terminal acetylenes is 1. The number of alkyl carbamates (subject to hydrolysis) is 1. The van der Waals surface area contributed by atoms with Gasteiger partial charge in [-0.25, -0.2) is 9.59 Å². The molecule has 0 saturated carbocycles. The van der Waals surface area contributed by atoms with Gasteiger partial charge >= 0.3 is 12.1 Å². The van der Waals surface area contributed by atoms with Crippen LogP contribution in [0.2, 0.25) is 0 Å². The summed E-state index contributed by atoms with van der Waals surface area (Å²) in [7, 11) is 0. The van der Waals surface area contributed by atoms with Crippen LogP contribution in [-0.4, -0.2) is 29.8 Å². The van der Waals surface area contributed by atoms with E-state index in [1.165, 1.54) is 0 Å². The second-order valence-corrected chi connectivity index (χ2v) is 7.37. The molecular formula is C26H21NO4. The highest BCUT2D eigenvalue weighted by molar-refractivity contribution is 5.81. The van der Waals surface area contributed by atoms with Gasteiger partial charge in [0.25, 0.3) is 0 Å². The zero-order valence-corrected chi connectivity index (χ0v) is 16.7. The predicted octanol–water partition coefficient (Wildman–Crippen LogP) is 4.20. The SMILES string of the molecule is C#Cc1ccccc1C[C@H](NC(=O)OCC1c2ccccc2-c2ccccc21)C(=O)O. The molecule has 5 heteroatoms. The molecule has 1 aliphatic rings. The van der Waals surface area contributed by atoms with Crippen molar-refractivity contribution < 1.29 is 19.4 Å². The lowest BCUT2D eigenvalue weighted by atomic mass is 9.98. The molecule has 31 heavy (non-hydrogen) atoms. The van der Waals surface area contributed by atoms with E-state index in [4.69, 9.17) is 11.2 Å². The number of ether oxygens (including phenoxy) is 1. The number of hydrogen-bond acceptors (Lipinski definition) is 3. The van der Waals surface area contributed by atoms with Crippen molar-refractivity contribution in [2.75, 3.05) is 6.61 Å². The van der Waals surface area contributed by atoms with E-state index in [9.17, 15) is 14.7 Å². The van der Waals surface area contributed by atoms with Crippen LogP contribution in [0.15, 0.2) is 72.8 Å². The summed E-state index contributed by atoms with van der Waals surface area (Å²) in [6.45, 7) is 0.118. The van der Waals surface area contributed by atoms with Gasteiger partial charge in [-0.1, -0.05) is 72.7 Å². The molecule has 1 amide bonds. The van der Waals surface area contributed by atoms with E-state index in [2.05, 4.69) is 23.4 Å². The lowest BCUT2D eigenvalue weighted by Gasteiger charge is -2.18. The van der Waals surface area contributed by atoms with Crippen LogP contribution in [0.25, 0.3) is 11.1 Å². The van der Waals surface area contributed by atoms with E-state index in [0.29, 0.717) is 11.1 Å². The number of hydrogen-bond donors (Lipinski definition) is 2. The first-order valence-corrected chi connectivity index (χ1v) is 9.97. The minimum Gasteiger partial charge on any atom is -0.480 e. The van der Waals surface area contributed by atoms with Crippen molar-refractivity contribution in [1.82, 2.24) is 5.32 Å². The van der Waals surface area contributed by atoms with Crippen LogP contribution in [-0.2, 0) is 16.0 Å². The summed E-state index contributed by atoms with van der Waals surface area (Å²) in [6.07, 6.45) is 4.79. The summed E-state index contributed by atoms with van der Waals surface area (Å²) in [6, 6.07) is 22.0. The highest BCUT2D eigenvalue weighted by Crippen LogP contribution is 2.44. The number of carboxylic acid groups (broad SMARTS) is 1. The average molecular weight is 411 g/mol. The van der Waals surface area contributed by atoms with Gasteiger partial charge in [0.1, 0.15) is 12.6 Å². The number of carbonyl (C=O) groups excluding carboxylic acids is 1. The van der Waals surface area contributed by atoms with Crippen LogP contribution in [0.4, 0.5) is 4.79 Å². The molecule has 0 spiro atoms. The predicted molar refractivity (Wildman–Crippen MR) is 118 cm³/mol.